The lowest BCUT2D eigenvalue weighted by Gasteiger charge is -2.26. The highest BCUT2D eigenvalue weighted by atomic mass is 32.2. The van der Waals surface area contributed by atoms with Crippen molar-refractivity contribution in [2.75, 3.05) is 45.7 Å². The molecule has 4 rings (SSSR count). The molecule has 0 unspecified atom stereocenters. The minimum absolute atomic E-state index is 0.134. The second-order valence-electron chi connectivity index (χ2n) is 8.72. The van der Waals surface area contributed by atoms with Crippen LogP contribution >= 0.6 is 0 Å². The molecule has 1 saturated heterocycles. The second kappa shape index (κ2) is 10.9. The topological polar surface area (TPSA) is 119 Å². The molecule has 35 heavy (non-hydrogen) atoms. The third kappa shape index (κ3) is 5.74. The van der Waals surface area contributed by atoms with E-state index in [0.29, 0.717) is 36.4 Å². The number of sulfone groups is 1. The fourth-order valence-electron chi connectivity index (χ4n) is 4.16. The van der Waals surface area contributed by atoms with Gasteiger partial charge in [-0.1, -0.05) is 20.3 Å². The van der Waals surface area contributed by atoms with Gasteiger partial charge in [-0.05, 0) is 31.0 Å². The van der Waals surface area contributed by atoms with Gasteiger partial charge in [-0.25, -0.2) is 13.4 Å². The number of aromatic nitrogens is 4. The first-order valence-corrected chi connectivity index (χ1v) is 14.0. The predicted octanol–water partition coefficient (Wildman–Crippen LogP) is 2.26. The number of ether oxygens (including phenoxy) is 2. The van der Waals surface area contributed by atoms with Crippen molar-refractivity contribution in [3.05, 3.63) is 34.2 Å². The van der Waals surface area contributed by atoms with Crippen molar-refractivity contribution in [3.8, 4) is 17.1 Å². The summed E-state index contributed by atoms with van der Waals surface area (Å²) >= 11 is 0. The van der Waals surface area contributed by atoms with Crippen LogP contribution in [0.4, 0.5) is 0 Å². The Hall–Kier alpha value is -2.76. The summed E-state index contributed by atoms with van der Waals surface area (Å²) in [6.45, 7) is 9.20. The highest BCUT2D eigenvalue weighted by Gasteiger charge is 2.20. The number of unbranched alkanes of at least 4 members (excludes halogenated alkanes) is 1. The van der Waals surface area contributed by atoms with Crippen LogP contribution in [0.15, 0.2) is 27.9 Å². The molecule has 0 radical (unpaired) electrons. The van der Waals surface area contributed by atoms with Crippen molar-refractivity contribution < 1.29 is 17.9 Å². The molecule has 0 bridgehead atoms. The lowest BCUT2D eigenvalue weighted by atomic mass is 10.1. The zero-order valence-corrected chi connectivity index (χ0v) is 21.4. The van der Waals surface area contributed by atoms with Gasteiger partial charge in [-0.3, -0.25) is 14.4 Å². The molecule has 11 heteroatoms. The molecule has 0 atom stereocenters. The van der Waals surface area contributed by atoms with Gasteiger partial charge in [0, 0.05) is 25.9 Å². The van der Waals surface area contributed by atoms with E-state index in [4.69, 9.17) is 14.5 Å². The number of hydrogen-bond donors (Lipinski definition) is 1. The quantitative estimate of drug-likeness (QED) is 0.419. The molecular formula is C24H33N5O5S. The minimum Gasteiger partial charge on any atom is -0.493 e. The summed E-state index contributed by atoms with van der Waals surface area (Å²) in [4.78, 5) is 23.1. The van der Waals surface area contributed by atoms with Crippen LogP contribution in [-0.2, 0) is 27.5 Å². The van der Waals surface area contributed by atoms with E-state index >= 15 is 0 Å². The van der Waals surface area contributed by atoms with E-state index in [1.165, 1.54) is 12.1 Å². The molecule has 1 aliphatic heterocycles. The second-order valence-corrected chi connectivity index (χ2v) is 10.7. The van der Waals surface area contributed by atoms with Crippen LogP contribution in [-0.4, -0.2) is 78.8 Å². The van der Waals surface area contributed by atoms with Crippen molar-refractivity contribution in [2.45, 2.75) is 44.6 Å². The van der Waals surface area contributed by atoms with Gasteiger partial charge in [0.05, 0.1) is 42.5 Å². The fourth-order valence-corrected chi connectivity index (χ4v) is 4.81. The maximum atomic E-state index is 13.1. The molecule has 10 nitrogen and oxygen atoms in total. The molecule has 1 aromatic carbocycles. The highest BCUT2D eigenvalue weighted by molar-refractivity contribution is 7.90. The average Bonchev–Trinajstić information content (AvgIpc) is 3.21. The predicted molar refractivity (Wildman–Crippen MR) is 134 cm³/mol. The third-order valence-corrected chi connectivity index (χ3v) is 7.27. The van der Waals surface area contributed by atoms with Crippen LogP contribution in [0.25, 0.3) is 22.4 Å². The molecule has 1 N–H and O–H groups in total. The van der Waals surface area contributed by atoms with Crippen LogP contribution in [0, 0.1) is 0 Å². The summed E-state index contributed by atoms with van der Waals surface area (Å²) in [6, 6.07) is 4.64. The fraction of sp³-hybridized carbons (Fsp3) is 0.542. The van der Waals surface area contributed by atoms with Crippen molar-refractivity contribution >= 4 is 20.9 Å². The Morgan fingerprint density at radius 2 is 1.91 bits per heavy atom. The summed E-state index contributed by atoms with van der Waals surface area (Å²) in [7, 11) is -3.46. The standard InChI is InChI=1S/C24H33N5O5S/c1-4-6-13-34-20-8-7-17(35(3,31)32)16-18(20)23-25-21-19(5-2)29(27-22(21)24(30)26-23)10-9-28-11-14-33-15-12-28/h7-8,16H,4-6,9-15H2,1-3H3,(H,25,26,30). The van der Waals surface area contributed by atoms with Gasteiger partial charge in [-0.2, -0.15) is 5.10 Å². The first kappa shape index (κ1) is 25.3. The molecule has 3 heterocycles. The number of aromatic amines is 1. The molecule has 1 aliphatic rings. The molecule has 3 aromatic rings. The van der Waals surface area contributed by atoms with E-state index in [0.717, 1.165) is 57.6 Å². The van der Waals surface area contributed by atoms with Crippen molar-refractivity contribution in [1.82, 2.24) is 24.6 Å². The van der Waals surface area contributed by atoms with Crippen LogP contribution in [0.3, 0.4) is 0 Å². The molecule has 2 aromatic heterocycles. The Morgan fingerprint density at radius 1 is 1.14 bits per heavy atom. The number of nitrogens with zero attached hydrogens (tertiary/aromatic N) is 4. The summed E-state index contributed by atoms with van der Waals surface area (Å²) in [5, 5.41) is 4.57. The third-order valence-electron chi connectivity index (χ3n) is 6.16. The lowest BCUT2D eigenvalue weighted by Crippen LogP contribution is -2.38. The van der Waals surface area contributed by atoms with Crippen LogP contribution in [0.5, 0.6) is 5.75 Å². The molecule has 0 amide bonds. The summed E-state index contributed by atoms with van der Waals surface area (Å²) in [6.07, 6.45) is 3.61. The highest BCUT2D eigenvalue weighted by Crippen LogP contribution is 2.31. The van der Waals surface area contributed by atoms with Gasteiger partial charge in [0.1, 0.15) is 17.1 Å². The smallest absolute Gasteiger partial charge is 0.279 e. The van der Waals surface area contributed by atoms with Gasteiger partial charge in [0.15, 0.2) is 15.4 Å². The Morgan fingerprint density at radius 3 is 2.60 bits per heavy atom. The molecule has 190 valence electrons. The van der Waals surface area contributed by atoms with E-state index in [2.05, 4.69) is 21.9 Å². The van der Waals surface area contributed by atoms with Gasteiger partial charge < -0.3 is 14.5 Å². The Kier molecular flexibility index (Phi) is 7.88. The summed E-state index contributed by atoms with van der Waals surface area (Å²) in [5.74, 6) is 0.744. The minimum atomic E-state index is -3.46. The maximum Gasteiger partial charge on any atom is 0.279 e. The van der Waals surface area contributed by atoms with Gasteiger partial charge in [-0.15, -0.1) is 0 Å². The van der Waals surface area contributed by atoms with Crippen molar-refractivity contribution in [3.63, 3.8) is 0 Å². The molecule has 0 saturated carbocycles. The van der Waals surface area contributed by atoms with E-state index in [1.807, 2.05) is 11.6 Å². The number of aryl methyl sites for hydroxylation is 1. The first-order valence-electron chi connectivity index (χ1n) is 12.1. The Bertz CT molecular complexity index is 1340. The zero-order chi connectivity index (χ0) is 25.0. The van der Waals surface area contributed by atoms with Crippen LogP contribution < -0.4 is 10.3 Å². The van der Waals surface area contributed by atoms with Crippen LogP contribution in [0.2, 0.25) is 0 Å². The number of H-pyrrole nitrogens is 1. The van der Waals surface area contributed by atoms with Gasteiger partial charge >= 0.3 is 0 Å². The first-order chi connectivity index (χ1) is 16.8. The van der Waals surface area contributed by atoms with Gasteiger partial charge in [0.2, 0.25) is 0 Å². The normalized spacial score (nSPS) is 15.1. The average molecular weight is 504 g/mol. The number of hydrogen-bond acceptors (Lipinski definition) is 8. The molecular weight excluding hydrogens is 470 g/mol. The molecule has 1 fully saturated rings. The number of benzene rings is 1. The molecule has 0 spiro atoms. The van der Waals surface area contributed by atoms with Crippen molar-refractivity contribution in [1.29, 1.82) is 0 Å². The number of morpholine rings is 1. The lowest BCUT2D eigenvalue weighted by molar-refractivity contribution is 0.0359. The van der Waals surface area contributed by atoms with Crippen LogP contribution in [0.1, 0.15) is 32.4 Å². The van der Waals surface area contributed by atoms with E-state index in [-0.39, 0.29) is 21.8 Å². The van der Waals surface area contributed by atoms with E-state index in [1.54, 1.807) is 6.07 Å². The number of nitrogens with one attached hydrogen (secondary N) is 1. The molecule has 0 aliphatic carbocycles. The maximum absolute atomic E-state index is 13.1. The van der Waals surface area contributed by atoms with E-state index < -0.39 is 9.84 Å². The number of rotatable bonds is 10. The van der Waals surface area contributed by atoms with Gasteiger partial charge in [0.25, 0.3) is 5.56 Å². The Labute approximate surface area is 205 Å². The monoisotopic (exact) mass is 503 g/mol. The number of fused-ring (bicyclic) bond motifs is 1. The summed E-state index contributed by atoms with van der Waals surface area (Å²) in [5.41, 5.74) is 1.74. The SMILES string of the molecule is CCCCOc1ccc(S(C)(=O)=O)cc1-c1nc2c(CC)n(CCN3CCOCC3)nc2c(=O)[nH]1. The largest absolute Gasteiger partial charge is 0.493 e. The van der Waals surface area contributed by atoms with Crippen molar-refractivity contribution in [2.24, 2.45) is 0 Å². The Balaban J connectivity index is 1.75. The van der Waals surface area contributed by atoms with E-state index in [9.17, 15) is 13.2 Å². The zero-order valence-electron chi connectivity index (χ0n) is 20.5. The summed E-state index contributed by atoms with van der Waals surface area (Å²) < 4.78 is 37.6.